The molecular weight excluding hydrogens is 227 g/mol. The number of hydrogen-bond donors (Lipinski definition) is 0. The maximum atomic E-state index is 12.9. The van der Waals surface area contributed by atoms with Crippen molar-refractivity contribution in [1.29, 1.82) is 0 Å². The average molecular weight is 241 g/mol. The van der Waals surface area contributed by atoms with Crippen molar-refractivity contribution >= 4 is 23.1 Å². The van der Waals surface area contributed by atoms with Gasteiger partial charge in [0.05, 0.1) is 7.11 Å². The van der Waals surface area contributed by atoms with Crippen molar-refractivity contribution in [1.82, 2.24) is 0 Å². The quantitative estimate of drug-likeness (QED) is 0.504. The molecule has 1 aromatic carbocycles. The van der Waals surface area contributed by atoms with E-state index >= 15 is 0 Å². The Balaban J connectivity index is 0. The Hall–Kier alpha value is 0.00623. The topological polar surface area (TPSA) is 9.23 Å². The Bertz CT molecular complexity index is 310. The third-order valence-electron chi connectivity index (χ3n) is 1.89. The molecule has 0 saturated heterocycles. The molecule has 0 fully saturated rings. The van der Waals surface area contributed by atoms with Crippen LogP contribution in [0, 0.1) is 12.7 Å². The number of methoxy groups -OCH3 is 1. The summed E-state index contributed by atoms with van der Waals surface area (Å²) in [5.41, 5.74) is 0.447. The molecule has 0 spiro atoms. The van der Waals surface area contributed by atoms with Gasteiger partial charge in [-0.15, -0.1) is 5.41 Å². The van der Waals surface area contributed by atoms with Crippen molar-refractivity contribution < 1.29 is 21.5 Å². The van der Waals surface area contributed by atoms with Crippen LogP contribution < -0.4 is 17.1 Å². The molecule has 0 saturated carbocycles. The van der Waals surface area contributed by atoms with E-state index in [0.717, 1.165) is 5.56 Å². The normalized spacial score (nSPS) is 9.93. The molecule has 0 N–H and O–H groups in total. The first-order valence-electron chi connectivity index (χ1n) is 4.14. The molecule has 0 aromatic heterocycles. The SMILES string of the molecule is [CH2-]C(C)(C)c1cc(F)ccc1OC.[Cl-].[Mg+2]. The zero-order valence-corrected chi connectivity index (χ0v) is 11.5. The van der Waals surface area contributed by atoms with Crippen molar-refractivity contribution in [2.45, 2.75) is 19.3 Å². The minimum Gasteiger partial charge on any atom is -1.00 e. The number of ether oxygens (including phenoxy) is 1. The van der Waals surface area contributed by atoms with E-state index in [9.17, 15) is 4.39 Å². The van der Waals surface area contributed by atoms with Gasteiger partial charge in [0, 0.05) is 0 Å². The minimum atomic E-state index is -0.340. The first kappa shape index (κ1) is 17.4. The number of rotatable bonds is 2. The van der Waals surface area contributed by atoms with E-state index in [4.69, 9.17) is 4.74 Å². The molecule has 1 nitrogen and oxygen atoms in total. The molecule has 0 aliphatic rings. The standard InChI is InChI=1S/C11H14FO.ClH.Mg/c1-11(2,3)9-7-8(12)5-6-10(9)13-4;;/h5-7H,1H2,2-4H3;1H;/q-1;;+2/p-1. The summed E-state index contributed by atoms with van der Waals surface area (Å²) in [6, 6.07) is 4.47. The van der Waals surface area contributed by atoms with Crippen molar-refractivity contribution in [3.63, 3.8) is 0 Å². The fourth-order valence-corrected chi connectivity index (χ4v) is 1.21. The monoisotopic (exact) mass is 240 g/mol. The van der Waals surface area contributed by atoms with E-state index in [1.54, 1.807) is 13.2 Å². The summed E-state index contributed by atoms with van der Waals surface area (Å²) in [5.74, 6) is 0.425. The summed E-state index contributed by atoms with van der Waals surface area (Å²) in [6.45, 7) is 7.79. The second kappa shape index (κ2) is 6.56. The fraction of sp³-hybridized carbons (Fsp3) is 0.364. The van der Waals surface area contributed by atoms with Crippen LogP contribution in [0.2, 0.25) is 0 Å². The maximum absolute atomic E-state index is 12.9. The van der Waals surface area contributed by atoms with Gasteiger partial charge in [-0.3, -0.25) is 0 Å². The predicted molar refractivity (Wildman–Crippen MR) is 57.1 cm³/mol. The van der Waals surface area contributed by atoms with E-state index in [1.807, 2.05) is 13.8 Å². The third-order valence-corrected chi connectivity index (χ3v) is 1.89. The van der Waals surface area contributed by atoms with Crippen LogP contribution in [0.4, 0.5) is 4.39 Å². The smallest absolute Gasteiger partial charge is 1.00 e. The van der Waals surface area contributed by atoms with Crippen molar-refractivity contribution in [3.8, 4) is 5.75 Å². The molecule has 1 aromatic rings. The number of benzene rings is 1. The van der Waals surface area contributed by atoms with Crippen LogP contribution in [0.15, 0.2) is 18.2 Å². The van der Waals surface area contributed by atoms with E-state index in [2.05, 4.69) is 6.92 Å². The van der Waals surface area contributed by atoms with Gasteiger partial charge in [-0.25, -0.2) is 4.39 Å². The summed E-state index contributed by atoms with van der Waals surface area (Å²) in [6.07, 6.45) is 0. The summed E-state index contributed by atoms with van der Waals surface area (Å²) < 4.78 is 18.1. The van der Waals surface area contributed by atoms with Crippen LogP contribution in [0.5, 0.6) is 5.75 Å². The van der Waals surface area contributed by atoms with Gasteiger partial charge in [0.2, 0.25) is 0 Å². The molecule has 0 aliphatic heterocycles. The molecule has 0 heterocycles. The molecule has 1 rings (SSSR count). The molecular formula is C11H14ClFMgO. The maximum Gasteiger partial charge on any atom is 2.00 e. The van der Waals surface area contributed by atoms with E-state index in [1.165, 1.54) is 12.1 Å². The van der Waals surface area contributed by atoms with Gasteiger partial charge in [0.25, 0.3) is 0 Å². The minimum absolute atomic E-state index is 0. The Kier molecular flexibility index (Phi) is 7.61. The van der Waals surface area contributed by atoms with Gasteiger partial charge in [-0.1, -0.05) is 13.8 Å². The van der Waals surface area contributed by atoms with Gasteiger partial charge in [-0.2, -0.15) is 0 Å². The molecule has 0 amide bonds. The summed E-state index contributed by atoms with van der Waals surface area (Å²) >= 11 is 0. The summed E-state index contributed by atoms with van der Waals surface area (Å²) in [4.78, 5) is 0. The predicted octanol–water partition coefficient (Wildman–Crippen LogP) is -0.431. The second-order valence-electron chi connectivity index (χ2n) is 3.73. The van der Waals surface area contributed by atoms with Crippen LogP contribution in [0.25, 0.3) is 0 Å². The number of halogens is 2. The van der Waals surface area contributed by atoms with Crippen LogP contribution in [0.3, 0.4) is 0 Å². The van der Waals surface area contributed by atoms with E-state index in [-0.39, 0.29) is 46.7 Å². The Morgan fingerprint density at radius 1 is 1.33 bits per heavy atom. The zero-order chi connectivity index (χ0) is 10.1. The van der Waals surface area contributed by atoms with Crippen LogP contribution in [-0.4, -0.2) is 30.2 Å². The summed E-state index contributed by atoms with van der Waals surface area (Å²) in [7, 11) is 1.57. The molecule has 4 heteroatoms. The average Bonchev–Trinajstić information content (AvgIpc) is 2.03. The molecule has 0 unspecified atom stereocenters. The molecule has 0 bridgehead atoms. The molecule has 0 aliphatic carbocycles. The van der Waals surface area contributed by atoms with Crippen LogP contribution in [0.1, 0.15) is 19.4 Å². The van der Waals surface area contributed by atoms with E-state index < -0.39 is 0 Å². The first-order chi connectivity index (χ1) is 5.95. The Morgan fingerprint density at radius 2 is 1.87 bits per heavy atom. The molecule has 15 heavy (non-hydrogen) atoms. The second-order valence-corrected chi connectivity index (χ2v) is 3.73. The van der Waals surface area contributed by atoms with Gasteiger partial charge in [0.1, 0.15) is 11.6 Å². The first-order valence-corrected chi connectivity index (χ1v) is 4.14. The zero-order valence-electron chi connectivity index (χ0n) is 9.31. The molecule has 0 radical (unpaired) electrons. The van der Waals surface area contributed by atoms with Crippen molar-refractivity contribution in [3.05, 3.63) is 36.5 Å². The van der Waals surface area contributed by atoms with Gasteiger partial charge < -0.3 is 24.1 Å². The molecule has 80 valence electrons. The van der Waals surface area contributed by atoms with Gasteiger partial charge in [-0.05, 0) is 23.8 Å². The van der Waals surface area contributed by atoms with Gasteiger partial charge >= 0.3 is 23.1 Å². The molecule has 0 atom stereocenters. The van der Waals surface area contributed by atoms with Crippen LogP contribution in [-0.2, 0) is 5.41 Å². The fourth-order valence-electron chi connectivity index (χ4n) is 1.21. The largest absolute Gasteiger partial charge is 2.00 e. The summed E-state index contributed by atoms with van der Waals surface area (Å²) in [5, 5.41) is 0. The third kappa shape index (κ3) is 4.58. The van der Waals surface area contributed by atoms with Crippen LogP contribution >= 0.6 is 0 Å². The number of hydrogen-bond acceptors (Lipinski definition) is 1. The van der Waals surface area contributed by atoms with Gasteiger partial charge in [0.15, 0.2) is 0 Å². The van der Waals surface area contributed by atoms with E-state index in [0.29, 0.717) is 5.75 Å². The Morgan fingerprint density at radius 3 is 2.27 bits per heavy atom. The Labute approximate surface area is 113 Å². The van der Waals surface area contributed by atoms with Crippen molar-refractivity contribution in [2.75, 3.05) is 7.11 Å². The van der Waals surface area contributed by atoms with Crippen molar-refractivity contribution in [2.24, 2.45) is 0 Å².